The molecule has 6 bridgehead atoms. The van der Waals surface area contributed by atoms with Crippen molar-refractivity contribution in [3.05, 3.63) is 59.4 Å². The Labute approximate surface area is 308 Å². The van der Waals surface area contributed by atoms with Crippen LogP contribution in [0, 0.1) is 0 Å². The second-order valence-corrected chi connectivity index (χ2v) is 15.0. The van der Waals surface area contributed by atoms with Crippen molar-refractivity contribution >= 4 is 34.4 Å². The molecule has 1 aromatic carbocycles. The molecule has 5 heterocycles. The van der Waals surface area contributed by atoms with Gasteiger partial charge in [-0.3, -0.25) is 24.5 Å². The molecule has 3 aliphatic rings. The van der Waals surface area contributed by atoms with Gasteiger partial charge in [0.1, 0.15) is 17.7 Å². The van der Waals surface area contributed by atoms with Gasteiger partial charge in [0, 0.05) is 68.9 Å². The smallest absolute Gasteiger partial charge is 0.408 e. The highest BCUT2D eigenvalue weighted by Crippen LogP contribution is 2.41. The predicted molar refractivity (Wildman–Crippen MR) is 196 cm³/mol. The van der Waals surface area contributed by atoms with Crippen molar-refractivity contribution in [3.8, 4) is 11.3 Å². The number of carbonyl (C=O) groups is 3. The third-order valence-corrected chi connectivity index (χ3v) is 9.95. The lowest BCUT2D eigenvalue weighted by atomic mass is 9.94. The number of amides is 2. The fourth-order valence-corrected chi connectivity index (χ4v) is 7.45. The molecule has 12 nitrogen and oxygen atoms in total. The Morgan fingerprint density at radius 2 is 2.00 bits per heavy atom. The molecule has 4 atom stereocenters. The summed E-state index contributed by atoms with van der Waals surface area (Å²) in [4.78, 5) is 47.0. The summed E-state index contributed by atoms with van der Waals surface area (Å²) in [7, 11) is 1.58. The predicted octanol–water partition coefficient (Wildman–Crippen LogP) is 5.64. The number of esters is 1. The Morgan fingerprint density at radius 1 is 1.21 bits per heavy atom. The van der Waals surface area contributed by atoms with E-state index >= 15 is 8.78 Å². The number of alkyl carbamates (subject to hydrolysis) is 1. The summed E-state index contributed by atoms with van der Waals surface area (Å²) in [5.74, 6) is -4.79. The molecule has 6 rings (SSSR count). The molecule has 1 fully saturated rings. The minimum Gasteiger partial charge on any atom is -0.458 e. The molecule has 0 spiro atoms. The van der Waals surface area contributed by atoms with Gasteiger partial charge >= 0.3 is 12.1 Å². The average Bonchev–Trinajstić information content (AvgIpc) is 3.43. The number of rotatable bonds is 5. The number of halogens is 2. The first-order valence-corrected chi connectivity index (χ1v) is 18.3. The Bertz CT molecular complexity index is 1890. The molecule has 53 heavy (non-hydrogen) atoms. The van der Waals surface area contributed by atoms with E-state index in [1.807, 2.05) is 42.7 Å². The number of ether oxygens (including phenoxy) is 3. The highest BCUT2D eigenvalue weighted by atomic mass is 19.3. The molecule has 2 amide bonds. The summed E-state index contributed by atoms with van der Waals surface area (Å²) in [6.07, 6.45) is 3.36. The van der Waals surface area contributed by atoms with Crippen molar-refractivity contribution in [1.29, 1.82) is 0 Å². The van der Waals surface area contributed by atoms with E-state index in [9.17, 15) is 14.4 Å². The lowest BCUT2D eigenvalue weighted by Gasteiger charge is -2.37. The molecule has 1 saturated heterocycles. The number of fused-ring (bicyclic) bond motifs is 6. The number of cyclic esters (lactones) is 1. The van der Waals surface area contributed by atoms with Crippen LogP contribution in [0.3, 0.4) is 0 Å². The fraction of sp³-hybridized carbons (Fsp3) is 0.538. The van der Waals surface area contributed by atoms with Crippen LogP contribution in [-0.2, 0) is 36.8 Å². The van der Waals surface area contributed by atoms with Gasteiger partial charge in [0.15, 0.2) is 6.61 Å². The van der Waals surface area contributed by atoms with Gasteiger partial charge in [-0.25, -0.2) is 19.0 Å². The van der Waals surface area contributed by atoms with Crippen molar-refractivity contribution in [2.45, 2.75) is 96.6 Å². The number of hydrogen-bond donors (Lipinski definition) is 2. The Hall–Kier alpha value is -4.40. The lowest BCUT2D eigenvalue weighted by molar-refractivity contribution is -0.162. The first-order chi connectivity index (χ1) is 25.2. The number of alkyl halides is 2. The molecular weight excluding hydrogens is 686 g/mol. The molecule has 3 aromatic rings. The van der Waals surface area contributed by atoms with Crippen molar-refractivity contribution in [2.75, 3.05) is 39.9 Å². The number of nitrogens with zero attached hydrogens (tertiary/aromatic N) is 4. The first kappa shape index (κ1) is 38.3. The number of aryl methyl sites for hydroxylation is 1. The van der Waals surface area contributed by atoms with Crippen molar-refractivity contribution < 1.29 is 37.4 Å². The van der Waals surface area contributed by atoms with Crippen LogP contribution in [0.1, 0.15) is 76.8 Å². The number of carbonyl (C=O) groups excluding carboxylic acids is 3. The maximum Gasteiger partial charge on any atom is 0.408 e. The van der Waals surface area contributed by atoms with Crippen LogP contribution in [0.25, 0.3) is 27.7 Å². The van der Waals surface area contributed by atoms with E-state index in [2.05, 4.69) is 26.7 Å². The maximum absolute atomic E-state index is 16.2. The summed E-state index contributed by atoms with van der Waals surface area (Å²) in [6.45, 7) is 9.94. The second-order valence-electron chi connectivity index (χ2n) is 15.0. The SMILES string of the molecule is CCn1c(-c2cccnc2[C@H](C)OC)c2c3cc(ccc31)C1=CCCN(C1)C[C@H](NC(=O)OC(C)(C)C)C(=O)N1CCC[C@H](N1)C(=O)OCC(F)(F)C2. The van der Waals surface area contributed by atoms with Crippen LogP contribution in [0.4, 0.5) is 13.6 Å². The van der Waals surface area contributed by atoms with Crippen LogP contribution in [0.15, 0.2) is 42.6 Å². The highest BCUT2D eigenvalue weighted by Gasteiger charge is 2.39. The van der Waals surface area contributed by atoms with E-state index in [4.69, 9.17) is 14.2 Å². The topological polar surface area (TPSA) is 127 Å². The zero-order valence-electron chi connectivity index (χ0n) is 31.3. The molecule has 2 aromatic heterocycles. The molecule has 0 saturated carbocycles. The van der Waals surface area contributed by atoms with Gasteiger partial charge < -0.3 is 24.1 Å². The number of pyridine rings is 1. The van der Waals surface area contributed by atoms with Gasteiger partial charge in [-0.2, -0.15) is 0 Å². The number of benzene rings is 1. The first-order valence-electron chi connectivity index (χ1n) is 18.3. The summed E-state index contributed by atoms with van der Waals surface area (Å²) >= 11 is 0. The summed E-state index contributed by atoms with van der Waals surface area (Å²) in [5.41, 5.74) is 7.08. The standard InChI is InChI=1S/C39H50F2N6O6/c1-7-46-32-15-14-25-19-28(32)29(34(46)27-12-8-16-42-33(27)24(2)51-6)20-39(40,41)23-52-36(49)30-13-10-18-47(44-30)35(48)31(43-37(50)53-38(3,4)5)22-45-17-9-11-26(25)21-45/h8,11-12,14-16,19,24,30-31,44H,7,9-10,13,17-18,20-23H2,1-6H3,(H,43,50)/t24-,30-,31-/m0/s1. The van der Waals surface area contributed by atoms with Crippen LogP contribution < -0.4 is 10.7 Å². The molecule has 3 aliphatic heterocycles. The third kappa shape index (κ3) is 8.55. The van der Waals surface area contributed by atoms with Crippen LogP contribution in [0.5, 0.6) is 0 Å². The van der Waals surface area contributed by atoms with E-state index < -0.39 is 60.7 Å². The van der Waals surface area contributed by atoms with E-state index in [1.165, 1.54) is 5.01 Å². The zero-order chi connectivity index (χ0) is 38.1. The summed E-state index contributed by atoms with van der Waals surface area (Å²) < 4.78 is 50.9. The maximum atomic E-state index is 16.2. The molecule has 2 N–H and O–H groups in total. The summed E-state index contributed by atoms with van der Waals surface area (Å²) in [6, 6.07) is 7.54. The lowest BCUT2D eigenvalue weighted by Crippen LogP contribution is -2.62. The average molecular weight is 737 g/mol. The molecular formula is C39H50F2N6O6. The molecule has 14 heteroatoms. The Morgan fingerprint density at radius 3 is 2.74 bits per heavy atom. The number of hydrazine groups is 1. The van der Waals surface area contributed by atoms with Crippen LogP contribution in [0.2, 0.25) is 0 Å². The Kier molecular flexibility index (Phi) is 11.2. The monoisotopic (exact) mass is 736 g/mol. The quantitative estimate of drug-likeness (QED) is 0.320. The van der Waals surface area contributed by atoms with Gasteiger partial charge in [0.05, 0.1) is 17.5 Å². The van der Waals surface area contributed by atoms with E-state index in [0.29, 0.717) is 60.4 Å². The van der Waals surface area contributed by atoms with Gasteiger partial charge in [-0.05, 0) is 94.8 Å². The molecule has 1 unspecified atom stereocenters. The van der Waals surface area contributed by atoms with Crippen molar-refractivity contribution in [2.24, 2.45) is 0 Å². The van der Waals surface area contributed by atoms with E-state index in [1.54, 1.807) is 40.1 Å². The summed E-state index contributed by atoms with van der Waals surface area (Å²) in [5, 5.41) is 4.70. The van der Waals surface area contributed by atoms with Gasteiger partial charge in [0.2, 0.25) is 0 Å². The second kappa shape index (κ2) is 15.5. The minimum atomic E-state index is -3.44. The van der Waals surface area contributed by atoms with E-state index in [0.717, 1.165) is 16.7 Å². The molecule has 0 aliphatic carbocycles. The minimum absolute atomic E-state index is 0.181. The van der Waals surface area contributed by atoms with Crippen molar-refractivity contribution in [3.63, 3.8) is 0 Å². The zero-order valence-corrected chi connectivity index (χ0v) is 31.3. The van der Waals surface area contributed by atoms with E-state index in [-0.39, 0.29) is 19.5 Å². The fourth-order valence-electron chi connectivity index (χ4n) is 7.45. The van der Waals surface area contributed by atoms with Crippen LogP contribution in [-0.4, -0.2) is 101 Å². The number of hydrogen-bond acceptors (Lipinski definition) is 9. The number of aromatic nitrogens is 2. The van der Waals surface area contributed by atoms with Gasteiger partial charge in [0.25, 0.3) is 11.8 Å². The van der Waals surface area contributed by atoms with Crippen molar-refractivity contribution in [1.82, 2.24) is 30.2 Å². The molecule has 0 radical (unpaired) electrons. The van der Waals surface area contributed by atoms with Crippen LogP contribution >= 0.6 is 0 Å². The number of nitrogens with one attached hydrogen (secondary N) is 2. The molecule has 286 valence electrons. The third-order valence-electron chi connectivity index (χ3n) is 9.95. The Balaban J connectivity index is 1.46. The van der Waals surface area contributed by atoms with Gasteiger partial charge in [-0.15, -0.1) is 0 Å². The normalized spacial score (nSPS) is 23.1. The van der Waals surface area contributed by atoms with Gasteiger partial charge in [-0.1, -0.05) is 12.1 Å². The number of methoxy groups -OCH3 is 1. The highest BCUT2D eigenvalue weighted by molar-refractivity contribution is 5.95. The largest absolute Gasteiger partial charge is 0.458 e.